The average molecular weight is 163 g/mol. The van der Waals surface area contributed by atoms with E-state index in [2.05, 4.69) is 12.1 Å². The molecule has 0 atom stereocenters. The van der Waals surface area contributed by atoms with Crippen LogP contribution in [0.4, 0.5) is 0 Å². The van der Waals surface area contributed by atoms with Gasteiger partial charge in [-0.2, -0.15) is 11.6 Å². The molecule has 0 saturated heterocycles. The molecule has 0 aliphatic carbocycles. The molecule has 0 aliphatic heterocycles. The summed E-state index contributed by atoms with van der Waals surface area (Å²) >= 11 is 0. The van der Waals surface area contributed by atoms with Gasteiger partial charge in [-0.05, 0) is 0 Å². The minimum atomic E-state index is 0. The zero-order valence-electron chi connectivity index (χ0n) is 7.12. The number of fused-ring (bicyclic) bond motifs is 1. The second-order valence-corrected chi connectivity index (χ2v) is 2.57. The van der Waals surface area contributed by atoms with Crippen molar-refractivity contribution >= 4 is 10.8 Å². The predicted octanol–water partition coefficient (Wildman–Crippen LogP) is -0.0970. The van der Waals surface area contributed by atoms with Crippen molar-refractivity contribution in [2.24, 2.45) is 0 Å². The van der Waals surface area contributed by atoms with E-state index >= 15 is 0 Å². The zero-order chi connectivity index (χ0) is 7.68. The van der Waals surface area contributed by atoms with E-state index < -0.39 is 0 Å². The van der Waals surface area contributed by atoms with E-state index in [9.17, 15) is 0 Å². The Morgan fingerprint density at radius 1 is 0.833 bits per heavy atom. The van der Waals surface area contributed by atoms with E-state index in [0.717, 1.165) is 10.9 Å². The number of rotatable bonds is 0. The van der Waals surface area contributed by atoms with Gasteiger partial charge in [-0.15, -0.1) is 17.5 Å². The van der Waals surface area contributed by atoms with Crippen molar-refractivity contribution in [3.63, 3.8) is 0 Å². The smallest absolute Gasteiger partial charge is 0.218 e. The molecule has 12 heavy (non-hydrogen) atoms. The quantitative estimate of drug-likeness (QED) is 0.376. The molecular weight excluding hydrogens is 155 g/mol. The molecule has 0 amide bonds. The summed E-state index contributed by atoms with van der Waals surface area (Å²) in [4.78, 5) is 0. The maximum atomic E-state index is 5.76. The van der Waals surface area contributed by atoms with Gasteiger partial charge in [0.25, 0.3) is 0 Å². The van der Waals surface area contributed by atoms with Gasteiger partial charge in [0.1, 0.15) is 0 Å². The summed E-state index contributed by atoms with van der Waals surface area (Å²) in [6.07, 6.45) is 0. The number of hydrogen-bond donors (Lipinski definition) is 0. The molecule has 0 spiro atoms. The largest absolute Gasteiger partial charge is 1.00 e. The summed E-state index contributed by atoms with van der Waals surface area (Å²) in [6, 6.07) is 14.1. The van der Waals surface area contributed by atoms with Crippen molar-refractivity contribution in [3.05, 3.63) is 55.0 Å². The summed E-state index contributed by atoms with van der Waals surface area (Å²) in [7, 11) is 0. The molecule has 0 nitrogen and oxygen atoms in total. The van der Waals surface area contributed by atoms with Gasteiger partial charge < -0.3 is 0 Å². The van der Waals surface area contributed by atoms with E-state index in [1.54, 1.807) is 0 Å². The fourth-order valence-corrected chi connectivity index (χ4v) is 1.25. The topological polar surface area (TPSA) is 0 Å². The molecule has 1 radical (unpaired) electrons. The molecule has 2 aromatic rings. The molecule has 0 saturated carbocycles. The van der Waals surface area contributed by atoms with E-state index in [4.69, 9.17) is 6.92 Å². The van der Waals surface area contributed by atoms with Crippen molar-refractivity contribution in [2.45, 2.75) is 0 Å². The van der Waals surface area contributed by atoms with Crippen LogP contribution in [-0.4, -0.2) is 0 Å². The molecule has 2 rings (SSSR count). The van der Waals surface area contributed by atoms with Crippen LogP contribution in [0.15, 0.2) is 42.5 Å². The van der Waals surface area contributed by atoms with Gasteiger partial charge in [-0.1, -0.05) is 29.7 Å². The summed E-state index contributed by atoms with van der Waals surface area (Å²) < 4.78 is 0. The molecule has 0 aromatic heterocycles. The molecule has 0 unspecified atom stereocenters. The van der Waals surface area contributed by atoms with E-state index in [-0.39, 0.29) is 29.6 Å². The summed E-state index contributed by atoms with van der Waals surface area (Å²) in [5.74, 6) is 0. The third kappa shape index (κ3) is 1.66. The Balaban J connectivity index is 0.000000720. The van der Waals surface area contributed by atoms with Gasteiger partial charge in [-0.3, -0.25) is 0 Å². The van der Waals surface area contributed by atoms with Crippen molar-refractivity contribution in [1.29, 1.82) is 0 Å². The second kappa shape index (κ2) is 3.99. The molecule has 1 heteroatoms. The van der Waals surface area contributed by atoms with Crippen LogP contribution >= 0.6 is 0 Å². The van der Waals surface area contributed by atoms with Crippen molar-refractivity contribution in [3.8, 4) is 0 Å². The number of hydrogen-bond acceptors (Lipinski definition) is 0. The maximum absolute atomic E-state index is 5.76. The normalized spacial score (nSPS) is 9.33. The molecule has 0 heterocycles. The van der Waals surface area contributed by atoms with Crippen LogP contribution in [0.25, 0.3) is 10.8 Å². The minimum Gasteiger partial charge on any atom is -0.218 e. The van der Waals surface area contributed by atoms with E-state index in [0.29, 0.717) is 0 Å². The van der Waals surface area contributed by atoms with Crippen LogP contribution in [-0.2, 0) is 0 Å². The second-order valence-electron chi connectivity index (χ2n) is 2.57. The Bertz CT molecular complexity index is 374. The van der Waals surface area contributed by atoms with E-state index in [1.807, 2.05) is 30.3 Å². The molecule has 0 aliphatic rings. The monoisotopic (exact) mass is 163 g/mol. The van der Waals surface area contributed by atoms with E-state index in [1.165, 1.54) is 5.39 Å². The van der Waals surface area contributed by atoms with Gasteiger partial charge >= 0.3 is 29.6 Å². The van der Waals surface area contributed by atoms with Gasteiger partial charge in [0.05, 0.1) is 0 Å². The molecule has 2 aromatic carbocycles. The average Bonchev–Trinajstić information content (AvgIpc) is 2.06. The maximum Gasteiger partial charge on any atom is 1.00 e. The molecule has 53 valence electrons. The van der Waals surface area contributed by atoms with Crippen LogP contribution in [0.1, 0.15) is 5.56 Å². The summed E-state index contributed by atoms with van der Waals surface area (Å²) in [5, 5.41) is 2.34. The van der Waals surface area contributed by atoms with Crippen LogP contribution in [0, 0.1) is 6.92 Å². The first-order valence-electron chi connectivity index (χ1n) is 3.61. The first-order chi connectivity index (χ1) is 5.38. The van der Waals surface area contributed by atoms with Gasteiger partial charge in [-0.25, -0.2) is 6.92 Å². The fourth-order valence-electron chi connectivity index (χ4n) is 1.25. The third-order valence-corrected chi connectivity index (χ3v) is 1.82. The Hall–Kier alpha value is -0.430. The minimum absolute atomic E-state index is 0. The summed E-state index contributed by atoms with van der Waals surface area (Å²) in [5.41, 5.74) is 0.850. The SMILES string of the molecule is [CH-]c1cccc2ccccc12.[Na+]. The molecular formula is C11H8Na. The van der Waals surface area contributed by atoms with Crippen molar-refractivity contribution in [2.75, 3.05) is 0 Å². The van der Waals surface area contributed by atoms with Gasteiger partial charge in [0.2, 0.25) is 0 Å². The Morgan fingerprint density at radius 3 is 2.25 bits per heavy atom. The summed E-state index contributed by atoms with van der Waals surface area (Å²) in [6.45, 7) is 5.76. The molecule has 0 N–H and O–H groups in total. The van der Waals surface area contributed by atoms with Crippen LogP contribution in [0.2, 0.25) is 0 Å². The zero-order valence-corrected chi connectivity index (χ0v) is 9.12. The first-order valence-corrected chi connectivity index (χ1v) is 3.61. The molecule has 0 fully saturated rings. The van der Waals surface area contributed by atoms with Crippen LogP contribution in [0.5, 0.6) is 0 Å². The Kier molecular flexibility index (Phi) is 3.21. The van der Waals surface area contributed by atoms with Gasteiger partial charge in [0.15, 0.2) is 0 Å². The fraction of sp³-hybridized carbons (Fsp3) is 0. The number of benzene rings is 2. The van der Waals surface area contributed by atoms with Crippen molar-refractivity contribution in [1.82, 2.24) is 0 Å². The molecule has 0 bridgehead atoms. The van der Waals surface area contributed by atoms with Crippen LogP contribution < -0.4 is 29.6 Å². The van der Waals surface area contributed by atoms with Crippen molar-refractivity contribution < 1.29 is 29.6 Å². The standard InChI is InChI=1S/C11H8.Na/c1-9-5-4-7-10-6-2-3-8-11(9)10;/h1-8H;/q-1;+1. The Labute approximate surface area is 94.9 Å². The Morgan fingerprint density at radius 2 is 1.50 bits per heavy atom. The first kappa shape index (κ1) is 9.66. The van der Waals surface area contributed by atoms with Crippen LogP contribution in [0.3, 0.4) is 0 Å². The van der Waals surface area contributed by atoms with Gasteiger partial charge in [0, 0.05) is 0 Å². The predicted molar refractivity (Wildman–Crippen MR) is 47.4 cm³/mol. The third-order valence-electron chi connectivity index (χ3n) is 1.82.